The molecule has 0 spiro atoms. The van der Waals surface area contributed by atoms with Gasteiger partial charge in [-0.2, -0.15) is 13.2 Å². The van der Waals surface area contributed by atoms with Gasteiger partial charge in [-0.15, -0.1) is 0 Å². The normalized spacial score (nSPS) is 27.9. The largest absolute Gasteiger partial charge is 0.416 e. The number of hydrogen-bond acceptors (Lipinski definition) is 1. The summed E-state index contributed by atoms with van der Waals surface area (Å²) in [4.78, 5) is 0. The van der Waals surface area contributed by atoms with Gasteiger partial charge in [0, 0.05) is 6.04 Å². The summed E-state index contributed by atoms with van der Waals surface area (Å²) in [6.07, 6.45) is -2.61. The minimum absolute atomic E-state index is 0.158. The topological polar surface area (TPSA) is 12.0 Å². The molecule has 2 unspecified atom stereocenters. The number of hydrogen-bond donors (Lipinski definition) is 1. The molecule has 0 aliphatic carbocycles. The average molecular weight is 244 g/mol. The molecule has 1 aliphatic heterocycles. The third kappa shape index (κ3) is 3.00. The fourth-order valence-electron chi connectivity index (χ4n) is 2.30. The van der Waals surface area contributed by atoms with Gasteiger partial charge in [0.25, 0.3) is 0 Å². The van der Waals surface area contributed by atoms with Crippen molar-refractivity contribution in [3.05, 3.63) is 35.4 Å². The molecule has 1 fully saturated rings. The smallest absolute Gasteiger partial charge is 0.314 e. The van der Waals surface area contributed by atoms with Crippen molar-refractivity contribution in [1.29, 1.82) is 0 Å². The van der Waals surface area contributed by atoms with Crippen LogP contribution in [-0.2, 0) is 6.18 Å². The molecule has 1 aliphatic rings. The van der Waals surface area contributed by atoms with E-state index < -0.39 is 11.7 Å². The van der Waals surface area contributed by atoms with Gasteiger partial charge in [-0.1, -0.05) is 12.1 Å². The number of halogens is 3. The quantitative estimate of drug-likeness (QED) is 0.796. The van der Waals surface area contributed by atoms with Crippen molar-refractivity contribution in [1.82, 2.24) is 5.31 Å². The highest BCUT2D eigenvalue weighted by atomic mass is 19.4. The molecule has 1 heterocycles. The SMILES string of the molecule is [2H]N1CCC(c2ccc(C(F)(F)F)cc2)CC1C. The summed E-state index contributed by atoms with van der Waals surface area (Å²) >= 11 is 0. The highest BCUT2D eigenvalue weighted by Gasteiger charge is 2.30. The standard InChI is InChI=1S/C13H16F3N/c1-9-8-11(6-7-17-9)10-2-4-12(5-3-10)13(14,15)16/h2-5,9,11,17H,6-8H2,1H3/i/hD. The van der Waals surface area contributed by atoms with Crippen LogP contribution in [0.4, 0.5) is 13.2 Å². The highest BCUT2D eigenvalue weighted by Crippen LogP contribution is 2.32. The Morgan fingerprint density at radius 2 is 1.94 bits per heavy atom. The lowest BCUT2D eigenvalue weighted by Crippen LogP contribution is -2.34. The van der Waals surface area contributed by atoms with Crippen molar-refractivity contribution < 1.29 is 14.6 Å². The molecule has 1 aromatic rings. The van der Waals surface area contributed by atoms with Gasteiger partial charge in [-0.05, 0) is 49.9 Å². The molecule has 0 aromatic heterocycles. The molecular formula is C13H16F3N. The number of alkyl halides is 3. The van der Waals surface area contributed by atoms with Crippen LogP contribution in [0.2, 0.25) is 1.41 Å². The monoisotopic (exact) mass is 244 g/mol. The maximum absolute atomic E-state index is 12.4. The van der Waals surface area contributed by atoms with Crippen molar-refractivity contribution in [2.45, 2.75) is 37.9 Å². The van der Waals surface area contributed by atoms with E-state index in [0.717, 1.165) is 30.5 Å². The number of rotatable bonds is 1. The van der Waals surface area contributed by atoms with E-state index in [1.165, 1.54) is 0 Å². The van der Waals surface area contributed by atoms with Gasteiger partial charge in [0.1, 0.15) is 1.41 Å². The maximum atomic E-state index is 12.4. The fourth-order valence-corrected chi connectivity index (χ4v) is 2.30. The van der Waals surface area contributed by atoms with E-state index in [1.807, 2.05) is 6.92 Å². The summed E-state index contributed by atoms with van der Waals surface area (Å²) in [7, 11) is 0. The Kier molecular flexibility index (Phi) is 3.05. The Labute approximate surface area is 100 Å². The molecule has 0 radical (unpaired) electrons. The van der Waals surface area contributed by atoms with E-state index in [-0.39, 0.29) is 12.0 Å². The first kappa shape index (κ1) is 11.1. The van der Waals surface area contributed by atoms with Crippen LogP contribution in [0.15, 0.2) is 24.3 Å². The third-order valence-corrected chi connectivity index (χ3v) is 3.25. The second-order valence-corrected chi connectivity index (χ2v) is 4.60. The van der Waals surface area contributed by atoms with Crippen LogP contribution in [0.3, 0.4) is 0 Å². The summed E-state index contributed by atoms with van der Waals surface area (Å²) in [6, 6.07) is 5.59. The molecule has 17 heavy (non-hydrogen) atoms. The van der Waals surface area contributed by atoms with Crippen LogP contribution < -0.4 is 5.31 Å². The molecule has 94 valence electrons. The zero-order chi connectivity index (χ0) is 13.3. The highest BCUT2D eigenvalue weighted by molar-refractivity contribution is 5.27. The first-order chi connectivity index (χ1) is 8.38. The van der Waals surface area contributed by atoms with Crippen LogP contribution in [0.25, 0.3) is 0 Å². The number of piperidine rings is 1. The zero-order valence-corrected chi connectivity index (χ0v) is 9.67. The van der Waals surface area contributed by atoms with Gasteiger partial charge in [-0.3, -0.25) is 0 Å². The molecule has 0 bridgehead atoms. The molecule has 2 atom stereocenters. The minimum atomic E-state index is -4.27. The summed E-state index contributed by atoms with van der Waals surface area (Å²) in [5.74, 6) is 0.267. The second kappa shape index (κ2) is 4.69. The van der Waals surface area contributed by atoms with Crippen molar-refractivity contribution >= 4 is 0 Å². The molecule has 1 nitrogen and oxygen atoms in total. The summed E-state index contributed by atoms with van der Waals surface area (Å²) in [5, 5.41) is 1.54. The predicted molar refractivity (Wildman–Crippen MR) is 60.9 cm³/mol. The Morgan fingerprint density at radius 3 is 2.47 bits per heavy atom. The molecule has 2 rings (SSSR count). The lowest BCUT2D eigenvalue weighted by Gasteiger charge is -2.28. The van der Waals surface area contributed by atoms with E-state index in [1.54, 1.807) is 17.4 Å². The minimum Gasteiger partial charge on any atom is -0.314 e. The third-order valence-electron chi connectivity index (χ3n) is 3.25. The zero-order valence-electron chi connectivity index (χ0n) is 10.7. The fraction of sp³-hybridized carbons (Fsp3) is 0.538. The van der Waals surface area contributed by atoms with Crippen molar-refractivity contribution in [3.63, 3.8) is 0 Å². The molecular weight excluding hydrogens is 227 g/mol. The maximum Gasteiger partial charge on any atom is 0.416 e. The molecule has 1 aromatic carbocycles. The predicted octanol–water partition coefficient (Wildman–Crippen LogP) is 3.56. The van der Waals surface area contributed by atoms with Crippen LogP contribution in [0.5, 0.6) is 0 Å². The van der Waals surface area contributed by atoms with E-state index in [0.29, 0.717) is 6.54 Å². The summed E-state index contributed by atoms with van der Waals surface area (Å²) in [5.41, 5.74) is 0.347. The summed E-state index contributed by atoms with van der Waals surface area (Å²) in [6.45, 7) is 2.65. The van der Waals surface area contributed by atoms with Gasteiger partial charge in [-0.25, -0.2) is 0 Å². The Morgan fingerprint density at radius 1 is 1.29 bits per heavy atom. The van der Waals surface area contributed by atoms with Gasteiger partial charge >= 0.3 is 6.18 Å². The summed E-state index contributed by atoms with van der Waals surface area (Å²) < 4.78 is 45.0. The Bertz CT molecular complexity index is 402. The number of benzene rings is 1. The van der Waals surface area contributed by atoms with Crippen molar-refractivity contribution in [3.8, 4) is 0 Å². The molecule has 1 saturated heterocycles. The first-order valence-corrected chi connectivity index (χ1v) is 5.80. The van der Waals surface area contributed by atoms with Gasteiger partial charge in [0.2, 0.25) is 0 Å². The van der Waals surface area contributed by atoms with E-state index in [9.17, 15) is 13.2 Å². The van der Waals surface area contributed by atoms with E-state index in [4.69, 9.17) is 1.41 Å². The number of nitrogens with one attached hydrogen (secondary N) is 1. The van der Waals surface area contributed by atoms with Gasteiger partial charge < -0.3 is 5.31 Å². The second-order valence-electron chi connectivity index (χ2n) is 4.60. The van der Waals surface area contributed by atoms with Gasteiger partial charge in [0.15, 0.2) is 0 Å². The van der Waals surface area contributed by atoms with Crippen molar-refractivity contribution in [2.24, 2.45) is 0 Å². The van der Waals surface area contributed by atoms with Crippen LogP contribution in [0, 0.1) is 0 Å². The van der Waals surface area contributed by atoms with Crippen LogP contribution in [-0.4, -0.2) is 12.6 Å². The average Bonchev–Trinajstić information content (AvgIpc) is 2.32. The van der Waals surface area contributed by atoms with E-state index in [2.05, 4.69) is 0 Å². The Hall–Kier alpha value is -1.03. The Balaban J connectivity index is 2.11. The lowest BCUT2D eigenvalue weighted by atomic mass is 9.86. The van der Waals surface area contributed by atoms with Gasteiger partial charge in [0.05, 0.1) is 5.56 Å². The van der Waals surface area contributed by atoms with Crippen molar-refractivity contribution in [2.75, 3.05) is 6.54 Å². The molecule has 0 amide bonds. The molecule has 4 heteroatoms. The van der Waals surface area contributed by atoms with Crippen LogP contribution in [0.1, 0.15) is 36.8 Å². The van der Waals surface area contributed by atoms with E-state index >= 15 is 0 Å². The molecule has 0 saturated carbocycles. The first-order valence-electron chi connectivity index (χ1n) is 6.25. The van der Waals surface area contributed by atoms with Crippen LogP contribution >= 0.6 is 0 Å². The molecule has 1 N–H and O–H groups in total. The lowest BCUT2D eigenvalue weighted by molar-refractivity contribution is -0.137.